The highest BCUT2D eigenvalue weighted by atomic mass is 16.3. The Morgan fingerprint density at radius 2 is 1.88 bits per heavy atom. The molecule has 1 heteroatoms. The lowest BCUT2D eigenvalue weighted by Gasteiger charge is -2.18. The van der Waals surface area contributed by atoms with Crippen LogP contribution in [-0.2, 0) is 6.42 Å². The van der Waals surface area contributed by atoms with Crippen LogP contribution in [0.5, 0.6) is 5.75 Å². The van der Waals surface area contributed by atoms with E-state index in [0.717, 1.165) is 42.4 Å². The van der Waals surface area contributed by atoms with E-state index in [1.165, 1.54) is 22.3 Å². The molecule has 1 aromatic rings. The summed E-state index contributed by atoms with van der Waals surface area (Å²) in [6, 6.07) is 1.85. The average Bonchev–Trinajstić information content (AvgIpc) is 2.53. The van der Waals surface area contributed by atoms with E-state index in [9.17, 15) is 5.11 Å². The van der Waals surface area contributed by atoms with Crippen molar-refractivity contribution in [2.75, 3.05) is 0 Å². The third-order valence-corrected chi connectivity index (χ3v) is 4.52. The van der Waals surface area contributed by atoms with Crippen molar-refractivity contribution in [2.45, 2.75) is 60.3 Å². The number of hydrogen-bond acceptors (Lipinski definition) is 1. The highest BCUT2D eigenvalue weighted by molar-refractivity contribution is 5.72. The molecule has 0 heterocycles. The summed E-state index contributed by atoms with van der Waals surface area (Å²) < 4.78 is 0. The number of allylic oxidation sites excluding steroid dienone is 6. The Morgan fingerprint density at radius 1 is 1.21 bits per heavy atom. The van der Waals surface area contributed by atoms with Crippen LogP contribution in [0.25, 0.3) is 5.57 Å². The maximum absolute atomic E-state index is 10.0. The molecule has 1 rings (SSSR count). The van der Waals surface area contributed by atoms with Crippen LogP contribution in [0.15, 0.2) is 48.6 Å². The molecule has 0 fully saturated rings. The van der Waals surface area contributed by atoms with E-state index in [0.29, 0.717) is 5.75 Å². The molecule has 0 aliphatic rings. The average molecular weight is 325 g/mol. The van der Waals surface area contributed by atoms with Crippen LogP contribution in [0.1, 0.15) is 62.3 Å². The van der Waals surface area contributed by atoms with E-state index in [1.807, 2.05) is 19.9 Å². The van der Waals surface area contributed by atoms with E-state index in [2.05, 4.69) is 52.2 Å². The topological polar surface area (TPSA) is 20.2 Å². The molecule has 0 saturated heterocycles. The predicted molar refractivity (Wildman–Crippen MR) is 108 cm³/mol. The van der Waals surface area contributed by atoms with Gasteiger partial charge in [0.1, 0.15) is 5.75 Å². The van der Waals surface area contributed by atoms with Crippen LogP contribution in [-0.4, -0.2) is 5.11 Å². The van der Waals surface area contributed by atoms with E-state index in [4.69, 9.17) is 0 Å². The lowest BCUT2D eigenvalue weighted by Crippen LogP contribution is -2.00. The molecule has 130 valence electrons. The Labute approximate surface area is 148 Å². The van der Waals surface area contributed by atoms with Crippen molar-refractivity contribution < 1.29 is 5.11 Å². The number of hydrogen-bond donors (Lipinski definition) is 1. The molecular formula is C23H32O. The first kappa shape index (κ1) is 20.0. The standard InChI is InChI=1S/C23H32O/c1-8-10-16(3)11-12-17(4)13-14-18(5)23-19(6)15-22(24)20(7)21(23)9-2/h8,10-11,15,24H,4-5,9,12-14H2,1-3,6-7H3/b10-8-,16-11-. The van der Waals surface area contributed by atoms with E-state index >= 15 is 0 Å². The van der Waals surface area contributed by atoms with Gasteiger partial charge in [0.2, 0.25) is 0 Å². The molecule has 0 amide bonds. The molecule has 0 spiro atoms. The van der Waals surface area contributed by atoms with Gasteiger partial charge in [0.15, 0.2) is 0 Å². The number of aromatic hydroxyl groups is 1. The van der Waals surface area contributed by atoms with Crippen molar-refractivity contribution in [1.82, 2.24) is 0 Å². The third kappa shape index (κ3) is 5.26. The molecule has 1 aromatic carbocycles. The summed E-state index contributed by atoms with van der Waals surface area (Å²) in [4.78, 5) is 0. The van der Waals surface area contributed by atoms with Gasteiger partial charge in [-0.25, -0.2) is 0 Å². The van der Waals surface area contributed by atoms with Crippen LogP contribution >= 0.6 is 0 Å². The smallest absolute Gasteiger partial charge is 0.119 e. The maximum atomic E-state index is 10.0. The van der Waals surface area contributed by atoms with Crippen molar-refractivity contribution in [3.05, 3.63) is 70.9 Å². The summed E-state index contributed by atoms with van der Waals surface area (Å²) in [5, 5.41) is 10.0. The molecule has 1 nitrogen and oxygen atoms in total. The minimum atomic E-state index is 0.384. The van der Waals surface area contributed by atoms with Crippen LogP contribution in [0.4, 0.5) is 0 Å². The molecule has 0 atom stereocenters. The van der Waals surface area contributed by atoms with Gasteiger partial charge in [-0.05, 0) is 87.3 Å². The molecule has 1 N–H and O–H groups in total. The van der Waals surface area contributed by atoms with Gasteiger partial charge in [-0.3, -0.25) is 0 Å². The molecule has 0 unspecified atom stereocenters. The molecule has 0 aliphatic carbocycles. The first-order chi connectivity index (χ1) is 11.3. The molecular weight excluding hydrogens is 292 g/mol. The SMILES string of the molecule is C=C(C/C=C(C)\C=C/C)CCC(=C)c1c(C)cc(O)c(C)c1CC. The lowest BCUT2D eigenvalue weighted by atomic mass is 9.88. The first-order valence-corrected chi connectivity index (χ1v) is 8.78. The third-order valence-electron chi connectivity index (χ3n) is 4.52. The summed E-state index contributed by atoms with van der Waals surface area (Å²) in [6.07, 6.45) is 10.1. The Kier molecular flexibility index (Phi) is 7.78. The van der Waals surface area contributed by atoms with E-state index in [-0.39, 0.29) is 0 Å². The highest BCUT2D eigenvalue weighted by Crippen LogP contribution is 2.34. The van der Waals surface area contributed by atoms with Gasteiger partial charge in [0, 0.05) is 0 Å². The van der Waals surface area contributed by atoms with Crippen molar-refractivity contribution in [1.29, 1.82) is 0 Å². The van der Waals surface area contributed by atoms with Gasteiger partial charge in [-0.2, -0.15) is 0 Å². The molecule has 24 heavy (non-hydrogen) atoms. The second-order valence-electron chi connectivity index (χ2n) is 6.55. The Morgan fingerprint density at radius 3 is 2.46 bits per heavy atom. The van der Waals surface area contributed by atoms with Gasteiger partial charge in [0.25, 0.3) is 0 Å². The quantitative estimate of drug-likeness (QED) is 0.410. The Balaban J connectivity index is 2.81. The summed E-state index contributed by atoms with van der Waals surface area (Å²) in [5.41, 5.74) is 8.16. The van der Waals surface area contributed by atoms with Crippen molar-refractivity contribution in [2.24, 2.45) is 0 Å². The van der Waals surface area contributed by atoms with Crippen molar-refractivity contribution >= 4 is 5.57 Å². The summed E-state index contributed by atoms with van der Waals surface area (Å²) in [7, 11) is 0. The van der Waals surface area contributed by atoms with E-state index in [1.54, 1.807) is 0 Å². The molecule has 0 saturated carbocycles. The van der Waals surface area contributed by atoms with Crippen LogP contribution in [0.2, 0.25) is 0 Å². The van der Waals surface area contributed by atoms with Crippen molar-refractivity contribution in [3.8, 4) is 5.75 Å². The normalized spacial score (nSPS) is 12.0. The van der Waals surface area contributed by atoms with Gasteiger partial charge in [0.05, 0.1) is 0 Å². The zero-order valence-electron chi connectivity index (χ0n) is 16.0. The molecule has 0 radical (unpaired) electrons. The Hall–Kier alpha value is -2.02. The number of phenols is 1. The number of phenolic OH excluding ortho intramolecular Hbond substituents is 1. The number of benzene rings is 1. The van der Waals surface area contributed by atoms with Gasteiger partial charge in [-0.1, -0.05) is 49.5 Å². The van der Waals surface area contributed by atoms with Gasteiger partial charge in [-0.15, -0.1) is 0 Å². The van der Waals surface area contributed by atoms with Crippen LogP contribution < -0.4 is 0 Å². The monoisotopic (exact) mass is 324 g/mol. The zero-order valence-corrected chi connectivity index (χ0v) is 16.0. The van der Waals surface area contributed by atoms with Gasteiger partial charge < -0.3 is 5.11 Å². The molecule has 0 aliphatic heterocycles. The van der Waals surface area contributed by atoms with Crippen LogP contribution in [0.3, 0.4) is 0 Å². The fourth-order valence-electron chi connectivity index (χ4n) is 3.09. The van der Waals surface area contributed by atoms with Crippen molar-refractivity contribution in [3.63, 3.8) is 0 Å². The second kappa shape index (κ2) is 9.32. The van der Waals surface area contributed by atoms with Gasteiger partial charge >= 0.3 is 0 Å². The highest BCUT2D eigenvalue weighted by Gasteiger charge is 2.14. The summed E-state index contributed by atoms with van der Waals surface area (Å²) in [5.74, 6) is 0.384. The Bertz CT molecular complexity index is 672. The summed E-state index contributed by atoms with van der Waals surface area (Å²) in [6.45, 7) is 18.8. The zero-order chi connectivity index (χ0) is 18.3. The minimum absolute atomic E-state index is 0.384. The predicted octanol–water partition coefficient (Wildman–Crippen LogP) is 6.83. The molecule has 0 bridgehead atoms. The maximum Gasteiger partial charge on any atom is 0.119 e. The second-order valence-corrected chi connectivity index (χ2v) is 6.55. The van der Waals surface area contributed by atoms with E-state index < -0.39 is 0 Å². The first-order valence-electron chi connectivity index (χ1n) is 8.78. The molecule has 0 aromatic heterocycles. The number of aryl methyl sites for hydroxylation is 1. The van der Waals surface area contributed by atoms with Crippen LogP contribution in [0, 0.1) is 13.8 Å². The minimum Gasteiger partial charge on any atom is -0.508 e. The summed E-state index contributed by atoms with van der Waals surface area (Å²) >= 11 is 0. The fraction of sp³-hybridized carbons (Fsp3) is 0.391. The number of rotatable bonds is 8. The lowest BCUT2D eigenvalue weighted by molar-refractivity contribution is 0.469. The largest absolute Gasteiger partial charge is 0.508 e. The fourth-order valence-corrected chi connectivity index (χ4v) is 3.09.